The fraction of sp³-hybridized carbons (Fsp3) is 0.600. The Kier molecular flexibility index (Phi) is 4.94. The predicted octanol–water partition coefficient (Wildman–Crippen LogP) is 2.73. The molecule has 5 heterocycles. The average Bonchev–Trinajstić information content (AvgIpc) is 3.53. The molecule has 2 aliphatic heterocycles. The molecule has 11 nitrogen and oxygen atoms in total. The summed E-state index contributed by atoms with van der Waals surface area (Å²) in [5, 5.41) is 9.28. The Balaban J connectivity index is 1.17. The van der Waals surface area contributed by atoms with E-state index in [2.05, 4.69) is 20.0 Å². The molecule has 3 aliphatic rings. The van der Waals surface area contributed by atoms with Crippen molar-refractivity contribution in [3.63, 3.8) is 0 Å². The van der Waals surface area contributed by atoms with E-state index in [4.69, 9.17) is 14.8 Å². The number of nitrogens with zero attached hydrogens (tertiary/aromatic N) is 9. The van der Waals surface area contributed by atoms with Crippen LogP contribution in [0.15, 0.2) is 6.20 Å². The highest BCUT2D eigenvalue weighted by Gasteiger charge is 2.64. The molecule has 3 atom stereocenters. The zero-order valence-electron chi connectivity index (χ0n) is 21.8. The van der Waals surface area contributed by atoms with E-state index in [0.717, 1.165) is 61.4 Å². The first-order chi connectivity index (χ1) is 17.0. The number of hydrogen-bond acceptors (Lipinski definition) is 8. The quantitative estimate of drug-likeness (QED) is 0.551. The normalized spacial score (nSPS) is 25.5. The van der Waals surface area contributed by atoms with Gasteiger partial charge < -0.3 is 14.5 Å². The maximum absolute atomic E-state index is 12.7. The molecule has 3 aromatic rings. The van der Waals surface area contributed by atoms with Crippen LogP contribution in [0.25, 0.3) is 17.8 Å². The number of ether oxygens (including phenoxy) is 1. The summed E-state index contributed by atoms with van der Waals surface area (Å²) in [6, 6.07) is 0. The Bertz CT molecular complexity index is 1350. The summed E-state index contributed by atoms with van der Waals surface area (Å²) >= 11 is 0. The molecule has 0 bridgehead atoms. The second kappa shape index (κ2) is 7.75. The summed E-state index contributed by atoms with van der Waals surface area (Å²) in [5.74, 6) is 3.15. The molecule has 6 rings (SSSR count). The van der Waals surface area contributed by atoms with E-state index in [9.17, 15) is 4.79 Å². The Hall–Kier alpha value is -3.50. The topological polar surface area (TPSA) is 107 Å². The lowest BCUT2D eigenvalue weighted by Crippen LogP contribution is -2.48. The van der Waals surface area contributed by atoms with Crippen LogP contribution in [0.5, 0.6) is 0 Å². The van der Waals surface area contributed by atoms with Gasteiger partial charge in [-0.25, -0.2) is 19.0 Å². The van der Waals surface area contributed by atoms with Gasteiger partial charge in [-0.15, -0.1) is 10.2 Å². The van der Waals surface area contributed by atoms with Crippen LogP contribution >= 0.6 is 0 Å². The van der Waals surface area contributed by atoms with E-state index in [-0.39, 0.29) is 11.5 Å². The van der Waals surface area contributed by atoms with Gasteiger partial charge in [0.1, 0.15) is 5.60 Å². The van der Waals surface area contributed by atoms with Crippen LogP contribution in [0.3, 0.4) is 0 Å². The Morgan fingerprint density at radius 2 is 1.89 bits per heavy atom. The summed E-state index contributed by atoms with van der Waals surface area (Å²) in [7, 11) is 1.90. The molecule has 190 valence electrons. The Morgan fingerprint density at radius 3 is 2.64 bits per heavy atom. The number of amides is 1. The van der Waals surface area contributed by atoms with Crippen LogP contribution in [-0.2, 0) is 11.8 Å². The van der Waals surface area contributed by atoms with Crippen LogP contribution < -0.4 is 4.90 Å². The first-order valence-corrected chi connectivity index (χ1v) is 12.5. The smallest absolute Gasteiger partial charge is 0.410 e. The van der Waals surface area contributed by atoms with Crippen LogP contribution in [0.2, 0.25) is 0 Å². The molecule has 3 aromatic heterocycles. The van der Waals surface area contributed by atoms with Crippen molar-refractivity contribution in [1.82, 2.24) is 39.2 Å². The largest absolute Gasteiger partial charge is 0.444 e. The summed E-state index contributed by atoms with van der Waals surface area (Å²) in [5.41, 5.74) is 2.17. The number of carbonyl (C=O) groups excluding carboxylic acids is 1. The molecule has 0 radical (unpaired) electrons. The van der Waals surface area contributed by atoms with Gasteiger partial charge in [-0.3, -0.25) is 4.98 Å². The zero-order valence-corrected chi connectivity index (χ0v) is 21.8. The van der Waals surface area contributed by atoms with Crippen molar-refractivity contribution in [3.05, 3.63) is 29.2 Å². The summed E-state index contributed by atoms with van der Waals surface area (Å²) in [4.78, 5) is 30.6. The summed E-state index contributed by atoms with van der Waals surface area (Å²) in [6.07, 6.45) is 6.49. The lowest BCUT2D eigenvalue weighted by atomic mass is 9.56. The zero-order chi connectivity index (χ0) is 25.4. The third-order valence-corrected chi connectivity index (χ3v) is 7.87. The number of anilines is 1. The van der Waals surface area contributed by atoms with E-state index in [1.807, 2.05) is 63.2 Å². The summed E-state index contributed by atoms with van der Waals surface area (Å²) < 4.78 is 9.24. The molecular weight excluding hydrogens is 458 g/mol. The lowest BCUT2D eigenvalue weighted by molar-refractivity contribution is 0.0238. The van der Waals surface area contributed by atoms with E-state index < -0.39 is 5.60 Å². The van der Waals surface area contributed by atoms with Gasteiger partial charge in [0.25, 0.3) is 0 Å². The van der Waals surface area contributed by atoms with Gasteiger partial charge in [0.05, 0.1) is 11.4 Å². The third-order valence-electron chi connectivity index (χ3n) is 7.87. The van der Waals surface area contributed by atoms with Crippen LogP contribution in [0, 0.1) is 31.1 Å². The number of likely N-dealkylation sites (tertiary alicyclic amines) is 1. The highest BCUT2D eigenvalue weighted by Crippen LogP contribution is 2.60. The molecule has 36 heavy (non-hydrogen) atoms. The van der Waals surface area contributed by atoms with E-state index in [1.165, 1.54) is 0 Å². The van der Waals surface area contributed by atoms with Gasteiger partial charge >= 0.3 is 6.09 Å². The molecule has 3 fully saturated rings. The second-order valence-electron chi connectivity index (χ2n) is 11.5. The second-order valence-corrected chi connectivity index (χ2v) is 11.5. The maximum Gasteiger partial charge on any atom is 0.410 e. The minimum Gasteiger partial charge on any atom is -0.444 e. The number of hydrogen-bond donors (Lipinski definition) is 0. The van der Waals surface area contributed by atoms with Crippen LogP contribution in [-0.4, -0.2) is 77.1 Å². The highest BCUT2D eigenvalue weighted by molar-refractivity contribution is 5.69. The number of carbonyl (C=O) groups is 1. The highest BCUT2D eigenvalue weighted by atomic mass is 16.6. The molecule has 1 spiro atoms. The molecule has 2 saturated heterocycles. The minimum atomic E-state index is -0.479. The maximum atomic E-state index is 12.7. The van der Waals surface area contributed by atoms with Crippen molar-refractivity contribution < 1.29 is 9.53 Å². The average molecular weight is 492 g/mol. The molecule has 1 saturated carbocycles. The molecule has 0 N–H and O–H groups in total. The Morgan fingerprint density at radius 1 is 1.11 bits per heavy atom. The lowest BCUT2D eigenvalue weighted by Gasteiger charge is -2.45. The van der Waals surface area contributed by atoms with E-state index >= 15 is 0 Å². The summed E-state index contributed by atoms with van der Waals surface area (Å²) in [6.45, 7) is 13.0. The number of aromatic nitrogens is 7. The molecular formula is C25H33N9O2. The van der Waals surface area contributed by atoms with Crippen molar-refractivity contribution in [2.45, 2.75) is 46.6 Å². The van der Waals surface area contributed by atoms with E-state index in [1.54, 1.807) is 10.9 Å². The number of rotatable bonds is 3. The van der Waals surface area contributed by atoms with Gasteiger partial charge in [-0.05, 0) is 65.0 Å². The number of aryl methyl sites for hydroxylation is 3. The SMILES string of the molecule is Cc1ncc(C)n2nc(/C=C/c3nc(N4C[C@@H]5C[C@H]6CN(C(=O)OC(C)(C)C)C[C@]65C4)nn3C)nc12. The fourth-order valence-electron chi connectivity index (χ4n) is 6.05. The van der Waals surface area contributed by atoms with Crippen molar-refractivity contribution in [1.29, 1.82) is 0 Å². The molecule has 0 aromatic carbocycles. The van der Waals surface area contributed by atoms with E-state index in [0.29, 0.717) is 17.7 Å². The van der Waals surface area contributed by atoms with Crippen LogP contribution in [0.1, 0.15) is 50.2 Å². The molecule has 11 heteroatoms. The minimum absolute atomic E-state index is 0.121. The Labute approximate surface area is 210 Å². The first kappa shape index (κ1) is 22.9. The van der Waals surface area contributed by atoms with Crippen molar-refractivity contribution in [2.24, 2.45) is 24.3 Å². The van der Waals surface area contributed by atoms with Gasteiger partial charge in [0.15, 0.2) is 17.3 Å². The first-order valence-electron chi connectivity index (χ1n) is 12.5. The fourth-order valence-corrected chi connectivity index (χ4v) is 6.05. The third kappa shape index (κ3) is 3.63. The predicted molar refractivity (Wildman–Crippen MR) is 134 cm³/mol. The molecule has 0 unspecified atom stereocenters. The van der Waals surface area contributed by atoms with Gasteiger partial charge in [0.2, 0.25) is 5.95 Å². The van der Waals surface area contributed by atoms with Crippen LogP contribution in [0.4, 0.5) is 10.7 Å². The number of fused-ring (bicyclic) bond motifs is 1. The molecule has 1 aliphatic carbocycles. The van der Waals surface area contributed by atoms with Gasteiger partial charge in [-0.2, -0.15) is 4.98 Å². The van der Waals surface area contributed by atoms with Crippen molar-refractivity contribution in [2.75, 3.05) is 31.1 Å². The molecule has 1 amide bonds. The standard InChI is InChI=1S/C25H33N9O2/c1-15-10-26-16(2)21-27-19(29-34(15)21)7-8-20-28-22(30-31(20)6)32-11-17-9-18-12-33(14-25(17,18)13-32)23(35)36-24(3,4)5/h7-8,10,17-18H,9,11-14H2,1-6H3/b8-7+/t17-,18-,25-/m0/s1. The van der Waals surface area contributed by atoms with Gasteiger partial charge in [0, 0.05) is 44.8 Å². The van der Waals surface area contributed by atoms with Crippen molar-refractivity contribution in [3.8, 4) is 0 Å². The van der Waals surface area contributed by atoms with Crippen molar-refractivity contribution >= 4 is 29.8 Å². The monoisotopic (exact) mass is 491 g/mol. The van der Waals surface area contributed by atoms with Gasteiger partial charge in [-0.1, -0.05) is 0 Å².